The van der Waals surface area contributed by atoms with Gasteiger partial charge in [0.25, 0.3) is 0 Å². The Labute approximate surface area is 107 Å². The Morgan fingerprint density at radius 1 is 1.44 bits per heavy atom. The van der Waals surface area contributed by atoms with Crippen LogP contribution >= 0.6 is 0 Å². The Hall–Kier alpha value is -1.55. The predicted molar refractivity (Wildman–Crippen MR) is 71.0 cm³/mol. The molecule has 0 aromatic heterocycles. The molecule has 0 atom stereocenters. The van der Waals surface area contributed by atoms with Gasteiger partial charge in [0, 0.05) is 5.69 Å². The largest absolute Gasteiger partial charge is 0.398 e. The summed E-state index contributed by atoms with van der Waals surface area (Å²) in [5.74, 6) is 0.0358. The normalized spacial score (nSPS) is 17.3. The highest BCUT2D eigenvalue weighted by molar-refractivity contribution is 5.81. The molecule has 0 radical (unpaired) electrons. The number of carbonyl (C=O) groups excluding carboxylic acids is 1. The Balaban J connectivity index is 1.90. The van der Waals surface area contributed by atoms with Gasteiger partial charge in [-0.2, -0.15) is 0 Å². The zero-order valence-corrected chi connectivity index (χ0v) is 10.7. The number of amides is 1. The van der Waals surface area contributed by atoms with E-state index >= 15 is 0 Å². The van der Waals surface area contributed by atoms with E-state index in [9.17, 15) is 9.90 Å². The number of benzene rings is 1. The Bertz CT molecular complexity index is 439. The number of nitrogen functional groups attached to an aromatic ring is 1. The van der Waals surface area contributed by atoms with Crippen LogP contribution in [0.25, 0.3) is 0 Å². The van der Waals surface area contributed by atoms with Gasteiger partial charge < -0.3 is 15.7 Å². The van der Waals surface area contributed by atoms with Crippen LogP contribution < -0.4 is 5.73 Å². The summed E-state index contributed by atoms with van der Waals surface area (Å²) in [5.41, 5.74) is 6.65. The number of likely N-dealkylation sites (tertiary alicyclic amines) is 1. The van der Waals surface area contributed by atoms with Gasteiger partial charge in [0.1, 0.15) is 0 Å². The summed E-state index contributed by atoms with van der Waals surface area (Å²) >= 11 is 0. The van der Waals surface area contributed by atoms with Gasteiger partial charge in [0.15, 0.2) is 0 Å². The van der Waals surface area contributed by atoms with Crippen LogP contribution in [0.1, 0.15) is 25.3 Å². The van der Waals surface area contributed by atoms with Crippen molar-refractivity contribution in [1.29, 1.82) is 0 Å². The van der Waals surface area contributed by atoms with Crippen molar-refractivity contribution in [3.05, 3.63) is 29.8 Å². The number of para-hydroxylation sites is 1. The monoisotopic (exact) mass is 248 g/mol. The van der Waals surface area contributed by atoms with Crippen molar-refractivity contribution in [1.82, 2.24) is 4.90 Å². The van der Waals surface area contributed by atoms with Gasteiger partial charge in [-0.25, -0.2) is 0 Å². The van der Waals surface area contributed by atoms with E-state index in [1.54, 1.807) is 11.0 Å². The molecular weight excluding hydrogens is 228 g/mol. The van der Waals surface area contributed by atoms with Crippen molar-refractivity contribution in [2.45, 2.75) is 31.8 Å². The first kappa shape index (κ1) is 12.9. The van der Waals surface area contributed by atoms with E-state index in [0.29, 0.717) is 25.2 Å². The van der Waals surface area contributed by atoms with Crippen molar-refractivity contribution in [2.24, 2.45) is 0 Å². The van der Waals surface area contributed by atoms with Crippen LogP contribution in [0.4, 0.5) is 5.69 Å². The van der Waals surface area contributed by atoms with Crippen molar-refractivity contribution in [3.63, 3.8) is 0 Å². The SMILES string of the molecule is CCCC1(O)CN(C(=O)Cc2ccccc2N)C1. The van der Waals surface area contributed by atoms with Gasteiger partial charge in [-0.05, 0) is 18.1 Å². The minimum atomic E-state index is -0.660. The van der Waals surface area contributed by atoms with Gasteiger partial charge in [-0.15, -0.1) is 0 Å². The van der Waals surface area contributed by atoms with E-state index in [1.165, 1.54) is 0 Å². The van der Waals surface area contributed by atoms with Crippen LogP contribution in [-0.4, -0.2) is 34.6 Å². The second kappa shape index (κ2) is 4.98. The van der Waals surface area contributed by atoms with E-state index < -0.39 is 5.60 Å². The molecule has 98 valence electrons. The lowest BCUT2D eigenvalue weighted by Gasteiger charge is -2.46. The number of β-amino-alcohol motifs (C(OH)–C–C–N with tert-alkyl or cyclic N) is 1. The molecule has 1 aromatic rings. The fraction of sp³-hybridized carbons (Fsp3) is 0.500. The summed E-state index contributed by atoms with van der Waals surface area (Å²) in [7, 11) is 0. The molecule has 1 heterocycles. The molecule has 1 aromatic carbocycles. The molecule has 3 N–H and O–H groups in total. The molecule has 0 unspecified atom stereocenters. The molecule has 0 bridgehead atoms. The van der Waals surface area contributed by atoms with Crippen LogP contribution in [0.2, 0.25) is 0 Å². The lowest BCUT2D eigenvalue weighted by molar-refractivity contribution is -0.155. The molecule has 1 aliphatic rings. The summed E-state index contributed by atoms with van der Waals surface area (Å²) in [6, 6.07) is 7.40. The predicted octanol–water partition coefficient (Wildman–Crippen LogP) is 1.18. The van der Waals surface area contributed by atoms with Crippen LogP contribution in [-0.2, 0) is 11.2 Å². The Morgan fingerprint density at radius 2 is 2.11 bits per heavy atom. The van der Waals surface area contributed by atoms with Gasteiger partial charge in [0.05, 0.1) is 25.1 Å². The molecule has 0 aliphatic carbocycles. The Kier molecular flexibility index (Phi) is 3.57. The van der Waals surface area contributed by atoms with Crippen LogP contribution in [0.15, 0.2) is 24.3 Å². The summed E-state index contributed by atoms with van der Waals surface area (Å²) in [4.78, 5) is 13.7. The first-order chi connectivity index (χ1) is 8.54. The van der Waals surface area contributed by atoms with Gasteiger partial charge in [0.2, 0.25) is 5.91 Å². The third-order valence-corrected chi connectivity index (χ3v) is 3.44. The van der Waals surface area contributed by atoms with Crippen molar-refractivity contribution in [3.8, 4) is 0 Å². The highest BCUT2D eigenvalue weighted by atomic mass is 16.3. The van der Waals surface area contributed by atoms with E-state index in [1.807, 2.05) is 25.1 Å². The zero-order valence-electron chi connectivity index (χ0n) is 10.7. The fourth-order valence-electron chi connectivity index (χ4n) is 2.43. The molecule has 1 saturated heterocycles. The molecule has 4 heteroatoms. The number of rotatable bonds is 4. The average molecular weight is 248 g/mol. The third kappa shape index (κ3) is 2.64. The number of aliphatic hydroxyl groups is 1. The molecule has 1 fully saturated rings. The molecule has 0 saturated carbocycles. The number of nitrogens with two attached hydrogens (primary N) is 1. The molecular formula is C14H20N2O2. The van der Waals surface area contributed by atoms with E-state index in [2.05, 4.69) is 0 Å². The van der Waals surface area contributed by atoms with Gasteiger partial charge >= 0.3 is 0 Å². The van der Waals surface area contributed by atoms with Gasteiger partial charge in [-0.3, -0.25) is 4.79 Å². The lowest BCUT2D eigenvalue weighted by Crippen LogP contribution is -2.63. The molecule has 4 nitrogen and oxygen atoms in total. The van der Waals surface area contributed by atoms with E-state index in [0.717, 1.165) is 18.4 Å². The fourth-order valence-corrected chi connectivity index (χ4v) is 2.43. The smallest absolute Gasteiger partial charge is 0.227 e. The maximum absolute atomic E-state index is 12.0. The average Bonchev–Trinajstić information content (AvgIpc) is 2.29. The zero-order chi connectivity index (χ0) is 13.2. The third-order valence-electron chi connectivity index (χ3n) is 3.44. The number of nitrogens with zero attached hydrogens (tertiary/aromatic N) is 1. The number of carbonyl (C=O) groups is 1. The Morgan fingerprint density at radius 3 is 2.72 bits per heavy atom. The number of anilines is 1. The van der Waals surface area contributed by atoms with Crippen LogP contribution in [0, 0.1) is 0 Å². The first-order valence-electron chi connectivity index (χ1n) is 6.37. The number of hydrogen-bond acceptors (Lipinski definition) is 3. The maximum atomic E-state index is 12.0. The molecule has 1 amide bonds. The minimum Gasteiger partial charge on any atom is -0.398 e. The highest BCUT2D eigenvalue weighted by Gasteiger charge is 2.42. The van der Waals surface area contributed by atoms with Crippen molar-refractivity contribution < 1.29 is 9.90 Å². The molecule has 2 rings (SSSR count). The minimum absolute atomic E-state index is 0.0358. The van der Waals surface area contributed by atoms with Gasteiger partial charge in [-0.1, -0.05) is 31.5 Å². The molecule has 1 aliphatic heterocycles. The van der Waals surface area contributed by atoms with Crippen LogP contribution in [0.3, 0.4) is 0 Å². The summed E-state index contributed by atoms with van der Waals surface area (Å²) < 4.78 is 0. The quantitative estimate of drug-likeness (QED) is 0.786. The lowest BCUT2D eigenvalue weighted by atomic mass is 9.89. The van der Waals surface area contributed by atoms with E-state index in [-0.39, 0.29) is 5.91 Å². The van der Waals surface area contributed by atoms with E-state index in [4.69, 9.17) is 5.73 Å². The second-order valence-corrected chi connectivity index (χ2v) is 5.10. The highest BCUT2D eigenvalue weighted by Crippen LogP contribution is 2.26. The molecule has 0 spiro atoms. The van der Waals surface area contributed by atoms with Crippen molar-refractivity contribution >= 4 is 11.6 Å². The summed E-state index contributed by atoms with van der Waals surface area (Å²) in [6.07, 6.45) is 2.00. The van der Waals surface area contributed by atoms with Crippen LogP contribution in [0.5, 0.6) is 0 Å². The maximum Gasteiger partial charge on any atom is 0.227 e. The molecule has 18 heavy (non-hydrogen) atoms. The topological polar surface area (TPSA) is 66.6 Å². The van der Waals surface area contributed by atoms with Crippen molar-refractivity contribution in [2.75, 3.05) is 18.8 Å². The summed E-state index contributed by atoms with van der Waals surface area (Å²) in [6.45, 7) is 2.94. The second-order valence-electron chi connectivity index (χ2n) is 5.10. The number of hydrogen-bond donors (Lipinski definition) is 2. The first-order valence-corrected chi connectivity index (χ1v) is 6.37. The summed E-state index contributed by atoms with van der Waals surface area (Å²) in [5, 5.41) is 10.0. The standard InChI is InChI=1S/C14H20N2O2/c1-2-7-14(18)9-16(10-14)13(17)8-11-5-3-4-6-12(11)15/h3-6,18H,2,7-10,15H2,1H3.